The molecule has 18 heavy (non-hydrogen) atoms. The van der Waals surface area contributed by atoms with Crippen LogP contribution in [0.2, 0.25) is 5.02 Å². The molecule has 94 valence electrons. The maximum absolute atomic E-state index is 11.0. The predicted octanol–water partition coefficient (Wildman–Crippen LogP) is 2.98. The predicted molar refractivity (Wildman–Crippen MR) is 67.9 cm³/mol. The van der Waals surface area contributed by atoms with Crippen LogP contribution in [0.3, 0.4) is 0 Å². The van der Waals surface area contributed by atoms with Crippen molar-refractivity contribution in [1.29, 1.82) is 0 Å². The van der Waals surface area contributed by atoms with E-state index in [9.17, 15) is 10.1 Å². The lowest BCUT2D eigenvalue weighted by Gasteiger charge is -2.11. The quantitative estimate of drug-likeness (QED) is 0.588. The van der Waals surface area contributed by atoms with Gasteiger partial charge in [-0.3, -0.25) is 10.1 Å². The molecule has 1 aliphatic rings. The van der Waals surface area contributed by atoms with Crippen LogP contribution in [0.5, 0.6) is 0 Å². The van der Waals surface area contributed by atoms with E-state index in [-0.39, 0.29) is 5.88 Å². The first-order valence-electron chi connectivity index (χ1n) is 5.63. The number of halogens is 1. The lowest BCUT2D eigenvalue weighted by atomic mass is 10.0. The largest absolute Gasteiger partial charge is 0.438 e. The fourth-order valence-electron chi connectivity index (χ4n) is 2.48. The Kier molecular flexibility index (Phi) is 2.53. The van der Waals surface area contributed by atoms with Crippen LogP contribution < -0.4 is 0 Å². The average Bonchev–Trinajstić information content (AvgIpc) is 2.57. The summed E-state index contributed by atoms with van der Waals surface area (Å²) in [6, 6.07) is 3.44. The van der Waals surface area contributed by atoms with Crippen molar-refractivity contribution in [2.75, 3.05) is 13.6 Å². The molecule has 1 aromatic carbocycles. The zero-order valence-corrected chi connectivity index (χ0v) is 10.5. The van der Waals surface area contributed by atoms with Crippen molar-refractivity contribution in [3.8, 4) is 0 Å². The van der Waals surface area contributed by atoms with Gasteiger partial charge in [0.2, 0.25) is 0 Å². The third-order valence-corrected chi connectivity index (χ3v) is 3.68. The van der Waals surface area contributed by atoms with Crippen LogP contribution >= 0.6 is 11.6 Å². The van der Waals surface area contributed by atoms with Gasteiger partial charge in [-0.1, -0.05) is 11.6 Å². The first kappa shape index (κ1) is 11.5. The fourth-order valence-corrected chi connectivity index (χ4v) is 2.73. The zero-order valence-electron chi connectivity index (χ0n) is 9.77. The van der Waals surface area contributed by atoms with Gasteiger partial charge in [0.15, 0.2) is 0 Å². The van der Waals surface area contributed by atoms with Gasteiger partial charge in [0, 0.05) is 23.5 Å². The Hall–Kier alpha value is -1.59. The Morgan fingerprint density at radius 2 is 2.22 bits per heavy atom. The Morgan fingerprint density at radius 1 is 1.44 bits per heavy atom. The summed E-state index contributed by atoms with van der Waals surface area (Å²) in [5.41, 5.74) is 2.13. The second kappa shape index (κ2) is 3.96. The summed E-state index contributed by atoms with van der Waals surface area (Å²) in [4.78, 5) is 12.6. The third-order valence-electron chi connectivity index (χ3n) is 3.32. The van der Waals surface area contributed by atoms with E-state index in [1.807, 2.05) is 11.9 Å². The molecular weight excluding hydrogens is 256 g/mol. The van der Waals surface area contributed by atoms with Crippen molar-refractivity contribution in [3.05, 3.63) is 38.4 Å². The minimum atomic E-state index is -0.466. The van der Waals surface area contributed by atoms with Gasteiger partial charge in [-0.2, -0.15) is 0 Å². The van der Waals surface area contributed by atoms with Gasteiger partial charge in [-0.15, -0.1) is 0 Å². The molecule has 0 radical (unpaired) electrons. The molecule has 0 saturated heterocycles. The average molecular weight is 267 g/mol. The van der Waals surface area contributed by atoms with Crippen molar-refractivity contribution in [3.63, 3.8) is 0 Å². The first-order valence-corrected chi connectivity index (χ1v) is 6.01. The van der Waals surface area contributed by atoms with E-state index in [0.717, 1.165) is 23.9 Å². The van der Waals surface area contributed by atoms with Crippen molar-refractivity contribution in [2.24, 2.45) is 0 Å². The van der Waals surface area contributed by atoms with Gasteiger partial charge in [0.05, 0.1) is 5.56 Å². The summed E-state index contributed by atoms with van der Waals surface area (Å²) in [6.45, 7) is 1.33. The molecule has 0 unspecified atom stereocenters. The normalized spacial score (nSPS) is 15.9. The van der Waals surface area contributed by atoms with Crippen molar-refractivity contribution < 1.29 is 9.34 Å². The highest BCUT2D eigenvalue weighted by molar-refractivity contribution is 6.32. The number of nitrogens with zero attached hydrogens (tertiary/aromatic N) is 2. The molecular formula is C12H11ClN2O3. The van der Waals surface area contributed by atoms with E-state index in [1.165, 1.54) is 0 Å². The zero-order chi connectivity index (χ0) is 12.9. The van der Waals surface area contributed by atoms with E-state index in [0.29, 0.717) is 22.7 Å². The maximum atomic E-state index is 11.0. The monoisotopic (exact) mass is 266 g/mol. The van der Waals surface area contributed by atoms with Crippen LogP contribution in [-0.2, 0) is 13.0 Å². The first-order chi connectivity index (χ1) is 8.58. The number of nitro groups is 1. The highest BCUT2D eigenvalue weighted by atomic mass is 35.5. The summed E-state index contributed by atoms with van der Waals surface area (Å²) in [5, 5.41) is 12.5. The number of hydrogen-bond donors (Lipinski definition) is 0. The second-order valence-corrected chi connectivity index (χ2v) is 4.94. The van der Waals surface area contributed by atoms with Crippen molar-refractivity contribution in [1.82, 2.24) is 4.90 Å². The molecule has 1 aromatic heterocycles. The van der Waals surface area contributed by atoms with Crippen LogP contribution in [-0.4, -0.2) is 23.4 Å². The molecule has 0 bridgehead atoms. The lowest BCUT2D eigenvalue weighted by molar-refractivity contribution is -0.402. The lowest BCUT2D eigenvalue weighted by Crippen LogP contribution is -2.18. The Morgan fingerprint density at radius 3 is 2.94 bits per heavy atom. The topological polar surface area (TPSA) is 59.5 Å². The van der Waals surface area contributed by atoms with E-state index in [1.54, 1.807) is 12.1 Å². The van der Waals surface area contributed by atoms with Gasteiger partial charge in [-0.25, -0.2) is 0 Å². The maximum Gasteiger partial charge on any atom is 0.438 e. The van der Waals surface area contributed by atoms with E-state index < -0.39 is 4.92 Å². The summed E-state index contributed by atoms with van der Waals surface area (Å²) in [6.07, 6.45) is 0.774. The van der Waals surface area contributed by atoms with E-state index in [2.05, 4.69) is 0 Å². The van der Waals surface area contributed by atoms with E-state index >= 15 is 0 Å². The molecule has 0 fully saturated rings. The number of hydrogen-bond acceptors (Lipinski definition) is 4. The SMILES string of the molecule is CN1CCc2c(Cl)ccc3oc([N+](=O)[O-])c(c23)C1. The number of furan rings is 1. The van der Waals surface area contributed by atoms with Gasteiger partial charge in [0.1, 0.15) is 10.5 Å². The molecule has 6 heteroatoms. The molecule has 0 amide bonds. The molecule has 2 aromatic rings. The molecule has 1 aliphatic heterocycles. The summed E-state index contributed by atoms with van der Waals surface area (Å²) in [5.74, 6) is -0.165. The second-order valence-electron chi connectivity index (χ2n) is 4.53. The van der Waals surface area contributed by atoms with Crippen LogP contribution in [0, 0.1) is 10.1 Å². The smallest absolute Gasteiger partial charge is 0.400 e. The van der Waals surface area contributed by atoms with Crippen LogP contribution in [0.4, 0.5) is 5.88 Å². The summed E-state index contributed by atoms with van der Waals surface area (Å²) in [7, 11) is 1.93. The molecule has 5 nitrogen and oxygen atoms in total. The number of likely N-dealkylation sites (N-methyl/N-ethyl adjacent to an activating group) is 1. The fraction of sp³-hybridized carbons (Fsp3) is 0.333. The standard InChI is InChI=1S/C12H11ClN2O3/c1-14-5-4-7-9(13)2-3-10-11(7)8(6-14)12(18-10)15(16)17/h2-3H,4-6H2,1H3. The number of benzene rings is 1. The summed E-state index contributed by atoms with van der Waals surface area (Å²) < 4.78 is 5.35. The van der Waals surface area contributed by atoms with Gasteiger partial charge >= 0.3 is 5.88 Å². The highest BCUT2D eigenvalue weighted by Crippen LogP contribution is 2.39. The van der Waals surface area contributed by atoms with Crippen LogP contribution in [0.1, 0.15) is 11.1 Å². The Labute approximate surface area is 108 Å². The third kappa shape index (κ3) is 1.59. The van der Waals surface area contributed by atoms with E-state index in [4.69, 9.17) is 16.0 Å². The Balaban J connectivity index is 2.39. The number of rotatable bonds is 1. The van der Waals surface area contributed by atoms with Crippen LogP contribution in [0.25, 0.3) is 11.0 Å². The molecule has 0 atom stereocenters. The van der Waals surface area contributed by atoms with Crippen molar-refractivity contribution in [2.45, 2.75) is 13.0 Å². The molecule has 2 heterocycles. The highest BCUT2D eigenvalue weighted by Gasteiger charge is 2.29. The summed E-state index contributed by atoms with van der Waals surface area (Å²) >= 11 is 6.19. The molecule has 3 rings (SSSR count). The molecule has 0 N–H and O–H groups in total. The molecule has 0 spiro atoms. The van der Waals surface area contributed by atoms with Gasteiger partial charge in [-0.05, 0) is 31.2 Å². The van der Waals surface area contributed by atoms with Crippen molar-refractivity contribution >= 4 is 28.5 Å². The minimum absolute atomic E-state index is 0.165. The Bertz CT molecular complexity index is 650. The van der Waals surface area contributed by atoms with Gasteiger partial charge in [0.25, 0.3) is 0 Å². The van der Waals surface area contributed by atoms with Gasteiger partial charge < -0.3 is 9.32 Å². The minimum Gasteiger partial charge on any atom is -0.400 e. The van der Waals surface area contributed by atoms with Crippen LogP contribution in [0.15, 0.2) is 16.5 Å². The molecule has 0 aliphatic carbocycles. The molecule has 0 saturated carbocycles.